The molecule has 9 heteroatoms. The average Bonchev–Trinajstić information content (AvgIpc) is 2.85. The average molecular weight is 498 g/mol. The van der Waals surface area contributed by atoms with Crippen LogP contribution in [0.5, 0.6) is 5.75 Å². The molecule has 0 bridgehead atoms. The number of hydrogen-bond donors (Lipinski definition) is 2. The number of benzene rings is 1. The normalized spacial score (nSPS) is 23.2. The van der Waals surface area contributed by atoms with Crippen LogP contribution in [0, 0.1) is 28.1 Å². The lowest BCUT2D eigenvalue weighted by molar-refractivity contribution is -0.164. The second-order valence-electron chi connectivity index (χ2n) is 10.7. The molecule has 0 unspecified atom stereocenters. The summed E-state index contributed by atoms with van der Waals surface area (Å²) in [5.74, 6) is 1.42. The molecule has 1 saturated heterocycles. The number of amides is 1. The highest BCUT2D eigenvalue weighted by atomic mass is 35.5. The largest absolute Gasteiger partial charge is 0.489 e. The highest BCUT2D eigenvalue weighted by molar-refractivity contribution is 6.31. The third-order valence-electron chi connectivity index (χ3n) is 7.51. The lowest BCUT2D eigenvalue weighted by Crippen LogP contribution is -2.74. The lowest BCUT2D eigenvalue weighted by Gasteiger charge is -2.63. The van der Waals surface area contributed by atoms with Gasteiger partial charge in [0.25, 0.3) is 5.91 Å². The van der Waals surface area contributed by atoms with E-state index < -0.39 is 0 Å². The molecule has 2 aromatic rings. The van der Waals surface area contributed by atoms with Crippen LogP contribution < -0.4 is 15.0 Å². The van der Waals surface area contributed by atoms with Crippen molar-refractivity contribution in [3.8, 4) is 11.8 Å². The van der Waals surface area contributed by atoms with Crippen LogP contribution in [0.2, 0.25) is 5.02 Å². The molecular formula is C26H32ClN5O3. The number of nitrogens with one attached hydrogen (secondary N) is 1. The number of aromatic nitrogens is 2. The predicted octanol–water partition coefficient (Wildman–Crippen LogP) is 3.82. The molecule has 1 aliphatic carbocycles. The molecule has 1 aliphatic heterocycles. The van der Waals surface area contributed by atoms with Gasteiger partial charge in [-0.1, -0.05) is 39.3 Å². The van der Waals surface area contributed by atoms with Crippen LogP contribution in [0.15, 0.2) is 30.3 Å². The van der Waals surface area contributed by atoms with E-state index in [1.54, 1.807) is 24.3 Å². The Bertz CT molecular complexity index is 1100. The van der Waals surface area contributed by atoms with Gasteiger partial charge in [-0.2, -0.15) is 5.26 Å². The van der Waals surface area contributed by atoms with Crippen molar-refractivity contribution in [3.05, 3.63) is 46.6 Å². The van der Waals surface area contributed by atoms with Crippen LogP contribution in [0.25, 0.3) is 0 Å². The zero-order valence-corrected chi connectivity index (χ0v) is 21.3. The van der Waals surface area contributed by atoms with Crippen LogP contribution >= 0.6 is 11.6 Å². The Labute approximate surface area is 211 Å². The van der Waals surface area contributed by atoms with Gasteiger partial charge in [0.2, 0.25) is 0 Å². The van der Waals surface area contributed by atoms with Crippen molar-refractivity contribution >= 4 is 23.3 Å². The van der Waals surface area contributed by atoms with Gasteiger partial charge in [0.05, 0.1) is 10.6 Å². The quantitative estimate of drug-likeness (QED) is 0.623. The second-order valence-corrected chi connectivity index (χ2v) is 11.1. The zero-order valence-electron chi connectivity index (χ0n) is 20.6. The van der Waals surface area contributed by atoms with E-state index in [1.165, 1.54) is 0 Å². The molecule has 1 aromatic carbocycles. The minimum atomic E-state index is -0.357. The maximum Gasteiger partial charge on any atom is 0.272 e. The first-order valence-electron chi connectivity index (χ1n) is 11.9. The number of halogens is 1. The van der Waals surface area contributed by atoms with Gasteiger partial charge < -0.3 is 20.1 Å². The number of rotatable bonds is 6. The molecule has 1 amide bonds. The molecule has 1 aromatic heterocycles. The fourth-order valence-electron chi connectivity index (χ4n) is 5.76. The van der Waals surface area contributed by atoms with E-state index in [0.29, 0.717) is 22.3 Å². The van der Waals surface area contributed by atoms with Crippen LogP contribution in [-0.4, -0.2) is 53.1 Å². The first kappa shape index (κ1) is 25.2. The van der Waals surface area contributed by atoms with Crippen molar-refractivity contribution in [2.45, 2.75) is 52.7 Å². The number of piperidine rings is 1. The number of aliphatic hydroxyl groups excluding tert-OH is 1. The lowest BCUT2D eigenvalue weighted by atomic mass is 9.49. The van der Waals surface area contributed by atoms with E-state index in [4.69, 9.17) is 21.6 Å². The monoisotopic (exact) mass is 497 g/mol. The smallest absolute Gasteiger partial charge is 0.272 e. The van der Waals surface area contributed by atoms with Gasteiger partial charge in [0.1, 0.15) is 17.9 Å². The standard InChI is InChI=1S/C26H32ClN5O3/c1-25(2)23(26(3,4)24(25)35-18-6-5-17(14-28)19(27)13-18)29-22(34)20-7-8-21(31-30-20)32-11-9-16(15-33)10-12-32/h5-8,13,16,23-24,33H,9-12,15H2,1-4H3,(H,29,34)/t23-,24-. The Hall–Kier alpha value is -2.89. The molecule has 35 heavy (non-hydrogen) atoms. The number of nitriles is 1. The van der Waals surface area contributed by atoms with E-state index in [-0.39, 0.29) is 41.2 Å². The molecule has 2 heterocycles. The van der Waals surface area contributed by atoms with Gasteiger partial charge in [-0.05, 0) is 43.0 Å². The molecule has 4 rings (SSSR count). The summed E-state index contributed by atoms with van der Waals surface area (Å²) in [5.41, 5.74) is -0.0413. The summed E-state index contributed by atoms with van der Waals surface area (Å²) in [7, 11) is 0. The highest BCUT2D eigenvalue weighted by Gasteiger charge is 2.64. The molecule has 8 nitrogen and oxygen atoms in total. The number of hydrogen-bond acceptors (Lipinski definition) is 7. The molecule has 0 radical (unpaired) electrons. The Morgan fingerprint density at radius 2 is 1.89 bits per heavy atom. The Balaban J connectivity index is 1.40. The number of aliphatic hydroxyl groups is 1. The van der Waals surface area contributed by atoms with Crippen LogP contribution in [-0.2, 0) is 0 Å². The molecule has 1 saturated carbocycles. The number of carbonyl (C=O) groups is 1. The van der Waals surface area contributed by atoms with Crippen LogP contribution in [0.3, 0.4) is 0 Å². The predicted molar refractivity (Wildman–Crippen MR) is 133 cm³/mol. The van der Waals surface area contributed by atoms with Crippen molar-refractivity contribution in [2.75, 3.05) is 24.6 Å². The number of ether oxygens (including phenoxy) is 1. The molecule has 186 valence electrons. The van der Waals surface area contributed by atoms with E-state index in [9.17, 15) is 9.90 Å². The molecular weight excluding hydrogens is 466 g/mol. The van der Waals surface area contributed by atoms with Crippen molar-refractivity contribution in [2.24, 2.45) is 16.7 Å². The van der Waals surface area contributed by atoms with Gasteiger partial charge in [0.15, 0.2) is 11.5 Å². The van der Waals surface area contributed by atoms with Gasteiger partial charge in [-0.25, -0.2) is 0 Å². The molecule has 2 N–H and O–H groups in total. The fraction of sp³-hybridized carbons (Fsp3) is 0.538. The Kier molecular flexibility index (Phi) is 6.94. The van der Waals surface area contributed by atoms with E-state index in [1.807, 2.05) is 12.1 Å². The molecule has 0 atom stereocenters. The Morgan fingerprint density at radius 1 is 1.20 bits per heavy atom. The Morgan fingerprint density at radius 3 is 2.43 bits per heavy atom. The maximum absolute atomic E-state index is 13.0. The molecule has 2 fully saturated rings. The third-order valence-corrected chi connectivity index (χ3v) is 7.82. The summed E-state index contributed by atoms with van der Waals surface area (Å²) in [6.07, 6.45) is 1.66. The van der Waals surface area contributed by atoms with Gasteiger partial charge in [-0.3, -0.25) is 4.79 Å². The topological polar surface area (TPSA) is 111 Å². The minimum absolute atomic E-state index is 0.152. The van der Waals surface area contributed by atoms with Crippen molar-refractivity contribution < 1.29 is 14.6 Å². The van der Waals surface area contributed by atoms with E-state index >= 15 is 0 Å². The molecule has 0 spiro atoms. The summed E-state index contributed by atoms with van der Waals surface area (Å²) in [4.78, 5) is 15.2. The van der Waals surface area contributed by atoms with Crippen LogP contribution in [0.4, 0.5) is 5.82 Å². The highest BCUT2D eigenvalue weighted by Crippen LogP contribution is 2.55. The number of nitrogens with zero attached hydrogens (tertiary/aromatic N) is 4. The van der Waals surface area contributed by atoms with Crippen LogP contribution in [0.1, 0.15) is 56.6 Å². The van der Waals surface area contributed by atoms with E-state index in [2.05, 4.69) is 48.1 Å². The summed E-state index contributed by atoms with van der Waals surface area (Å²) in [5, 5.41) is 30.4. The van der Waals surface area contributed by atoms with Gasteiger partial charge >= 0.3 is 0 Å². The summed E-state index contributed by atoms with van der Waals surface area (Å²) in [6.45, 7) is 10.1. The van der Waals surface area contributed by atoms with Gasteiger partial charge in [-0.15, -0.1) is 10.2 Å². The summed E-state index contributed by atoms with van der Waals surface area (Å²) < 4.78 is 6.28. The fourth-order valence-corrected chi connectivity index (χ4v) is 5.97. The first-order valence-corrected chi connectivity index (χ1v) is 12.3. The van der Waals surface area contributed by atoms with E-state index in [0.717, 1.165) is 31.7 Å². The van der Waals surface area contributed by atoms with Crippen molar-refractivity contribution in [3.63, 3.8) is 0 Å². The van der Waals surface area contributed by atoms with Gasteiger partial charge in [0, 0.05) is 42.6 Å². The zero-order chi connectivity index (χ0) is 25.4. The minimum Gasteiger partial charge on any atom is -0.489 e. The number of carbonyl (C=O) groups excluding carboxylic acids is 1. The molecule has 2 aliphatic rings. The second kappa shape index (κ2) is 9.63. The SMILES string of the molecule is CC1(C)[C@H](NC(=O)c2ccc(N3CCC(CO)CC3)nn2)C(C)(C)[C@H]1Oc1ccc(C#N)c(Cl)c1. The number of anilines is 1. The third kappa shape index (κ3) is 4.80. The summed E-state index contributed by atoms with van der Waals surface area (Å²) >= 11 is 6.17. The summed E-state index contributed by atoms with van der Waals surface area (Å²) in [6, 6.07) is 10.5. The first-order chi connectivity index (χ1) is 16.6. The van der Waals surface area contributed by atoms with Crippen molar-refractivity contribution in [1.29, 1.82) is 5.26 Å². The maximum atomic E-state index is 13.0. The van der Waals surface area contributed by atoms with Crippen molar-refractivity contribution in [1.82, 2.24) is 15.5 Å².